The van der Waals surface area contributed by atoms with Gasteiger partial charge in [-0.2, -0.15) is 5.10 Å². The quantitative estimate of drug-likeness (QED) is 0.645. The number of hydrogen-bond donors (Lipinski definition) is 2. The Morgan fingerprint density at radius 1 is 1.71 bits per heavy atom. The number of aromatic nitrogens is 3. The van der Waals surface area contributed by atoms with E-state index in [0.29, 0.717) is 19.6 Å². The summed E-state index contributed by atoms with van der Waals surface area (Å²) in [7, 11) is 0. The first-order valence-corrected chi connectivity index (χ1v) is 4.51. The number of ether oxygens (including phenoxy) is 1. The van der Waals surface area contributed by atoms with Gasteiger partial charge in [-0.05, 0) is 6.92 Å². The van der Waals surface area contributed by atoms with Gasteiger partial charge in [-0.15, -0.1) is 0 Å². The monoisotopic (exact) mass is 198 g/mol. The molecule has 0 bridgehead atoms. The lowest BCUT2D eigenvalue weighted by Crippen LogP contribution is -2.29. The van der Waals surface area contributed by atoms with E-state index >= 15 is 0 Å². The lowest BCUT2D eigenvalue weighted by atomic mass is 10.4. The molecule has 1 aromatic heterocycles. The fraction of sp³-hybridized carbons (Fsp3) is 0.625. The van der Waals surface area contributed by atoms with E-state index in [9.17, 15) is 4.79 Å². The molecule has 0 aliphatic rings. The van der Waals surface area contributed by atoms with Gasteiger partial charge in [0.2, 0.25) is 5.91 Å². The highest BCUT2D eigenvalue weighted by molar-refractivity contribution is 5.77. The third kappa shape index (κ3) is 3.99. The Hall–Kier alpha value is -1.43. The fourth-order valence-corrected chi connectivity index (χ4v) is 0.917. The second-order valence-electron chi connectivity index (χ2n) is 2.67. The van der Waals surface area contributed by atoms with Gasteiger partial charge in [-0.25, -0.2) is 4.98 Å². The van der Waals surface area contributed by atoms with Crippen molar-refractivity contribution in [3.8, 4) is 0 Å². The lowest BCUT2D eigenvalue weighted by molar-refractivity contribution is -0.125. The van der Waals surface area contributed by atoms with Crippen LogP contribution in [0.2, 0.25) is 0 Å². The number of nitrogens with one attached hydrogen (secondary N) is 2. The van der Waals surface area contributed by atoms with Crippen molar-refractivity contribution in [2.45, 2.75) is 13.3 Å². The van der Waals surface area contributed by atoms with Gasteiger partial charge < -0.3 is 10.1 Å². The second-order valence-corrected chi connectivity index (χ2v) is 2.67. The van der Waals surface area contributed by atoms with E-state index in [1.165, 1.54) is 6.33 Å². The normalized spacial score (nSPS) is 10.1. The molecule has 0 saturated carbocycles. The van der Waals surface area contributed by atoms with E-state index in [4.69, 9.17) is 4.74 Å². The van der Waals surface area contributed by atoms with Gasteiger partial charge in [0, 0.05) is 19.6 Å². The summed E-state index contributed by atoms with van der Waals surface area (Å²) in [5, 5.41) is 9.11. The highest BCUT2D eigenvalue weighted by Gasteiger charge is 2.00. The standard InChI is InChI=1S/C8H14N4O2/c1-2-14-5-8(13)9-4-3-7-10-6-11-12-7/h6H,2-5H2,1H3,(H,9,13)(H,10,11,12). The van der Waals surface area contributed by atoms with Gasteiger partial charge in [0.1, 0.15) is 18.8 Å². The van der Waals surface area contributed by atoms with Crippen molar-refractivity contribution in [3.63, 3.8) is 0 Å². The molecule has 6 heteroatoms. The molecular formula is C8H14N4O2. The molecular weight excluding hydrogens is 184 g/mol. The van der Waals surface area contributed by atoms with Crippen molar-refractivity contribution < 1.29 is 9.53 Å². The Morgan fingerprint density at radius 2 is 2.57 bits per heavy atom. The molecule has 0 fully saturated rings. The average molecular weight is 198 g/mol. The number of carbonyl (C=O) groups excluding carboxylic acids is 1. The molecule has 0 aliphatic heterocycles. The summed E-state index contributed by atoms with van der Waals surface area (Å²) in [5.41, 5.74) is 0. The maximum atomic E-state index is 11.0. The molecule has 0 unspecified atom stereocenters. The van der Waals surface area contributed by atoms with Gasteiger partial charge in [-0.3, -0.25) is 9.89 Å². The summed E-state index contributed by atoms with van der Waals surface area (Å²) in [6.07, 6.45) is 2.09. The molecule has 1 amide bonds. The van der Waals surface area contributed by atoms with Crippen molar-refractivity contribution in [1.82, 2.24) is 20.5 Å². The zero-order valence-corrected chi connectivity index (χ0v) is 8.12. The molecule has 0 spiro atoms. The highest BCUT2D eigenvalue weighted by Crippen LogP contribution is 1.85. The van der Waals surface area contributed by atoms with Crippen LogP contribution in [0.4, 0.5) is 0 Å². The molecule has 0 radical (unpaired) electrons. The SMILES string of the molecule is CCOCC(=O)NCCc1ncn[nH]1. The number of aromatic amines is 1. The first kappa shape index (κ1) is 10.6. The topological polar surface area (TPSA) is 79.9 Å². The van der Waals surface area contributed by atoms with E-state index in [-0.39, 0.29) is 12.5 Å². The summed E-state index contributed by atoms with van der Waals surface area (Å²) in [5.74, 6) is 0.660. The van der Waals surface area contributed by atoms with Crippen LogP contribution in [0.1, 0.15) is 12.7 Å². The van der Waals surface area contributed by atoms with Crippen LogP contribution in [0.15, 0.2) is 6.33 Å². The number of hydrogen-bond acceptors (Lipinski definition) is 4. The molecule has 0 atom stereocenters. The van der Waals surface area contributed by atoms with Gasteiger partial charge in [-0.1, -0.05) is 0 Å². The van der Waals surface area contributed by atoms with Gasteiger partial charge in [0.25, 0.3) is 0 Å². The molecule has 6 nitrogen and oxygen atoms in total. The van der Waals surface area contributed by atoms with Crippen LogP contribution in [0, 0.1) is 0 Å². The smallest absolute Gasteiger partial charge is 0.246 e. The van der Waals surface area contributed by atoms with Gasteiger partial charge >= 0.3 is 0 Å². The minimum Gasteiger partial charge on any atom is -0.372 e. The first-order chi connectivity index (χ1) is 6.83. The molecule has 1 aromatic rings. The molecule has 1 heterocycles. The van der Waals surface area contributed by atoms with Crippen molar-refractivity contribution >= 4 is 5.91 Å². The molecule has 2 N–H and O–H groups in total. The molecule has 78 valence electrons. The molecule has 14 heavy (non-hydrogen) atoms. The Bertz CT molecular complexity index is 260. The number of amides is 1. The van der Waals surface area contributed by atoms with Crippen LogP contribution in [-0.2, 0) is 16.0 Å². The summed E-state index contributed by atoms with van der Waals surface area (Å²) < 4.78 is 4.94. The van der Waals surface area contributed by atoms with E-state index in [1.54, 1.807) is 0 Å². The summed E-state index contributed by atoms with van der Waals surface area (Å²) >= 11 is 0. The largest absolute Gasteiger partial charge is 0.372 e. The predicted molar refractivity (Wildman–Crippen MR) is 49.6 cm³/mol. The molecule has 0 aromatic carbocycles. The van der Waals surface area contributed by atoms with Crippen molar-refractivity contribution in [2.24, 2.45) is 0 Å². The van der Waals surface area contributed by atoms with Crippen LogP contribution < -0.4 is 5.32 Å². The number of H-pyrrole nitrogens is 1. The summed E-state index contributed by atoms with van der Waals surface area (Å²) in [6.45, 7) is 3.06. The third-order valence-corrected chi connectivity index (χ3v) is 1.59. The Morgan fingerprint density at radius 3 is 3.21 bits per heavy atom. The number of carbonyl (C=O) groups is 1. The minimum absolute atomic E-state index is 0.105. The summed E-state index contributed by atoms with van der Waals surface area (Å²) in [4.78, 5) is 15.0. The average Bonchev–Trinajstić information content (AvgIpc) is 2.67. The van der Waals surface area contributed by atoms with E-state index < -0.39 is 0 Å². The van der Waals surface area contributed by atoms with Crippen LogP contribution in [0.5, 0.6) is 0 Å². The molecule has 0 saturated heterocycles. The Balaban J connectivity index is 2.06. The van der Waals surface area contributed by atoms with E-state index in [1.807, 2.05) is 6.92 Å². The Labute approximate surface area is 82.1 Å². The van der Waals surface area contributed by atoms with Crippen LogP contribution in [0.25, 0.3) is 0 Å². The van der Waals surface area contributed by atoms with E-state index in [0.717, 1.165) is 5.82 Å². The van der Waals surface area contributed by atoms with Crippen molar-refractivity contribution in [3.05, 3.63) is 12.2 Å². The maximum Gasteiger partial charge on any atom is 0.246 e. The molecule has 1 rings (SSSR count). The number of rotatable bonds is 6. The van der Waals surface area contributed by atoms with Crippen molar-refractivity contribution in [2.75, 3.05) is 19.8 Å². The predicted octanol–water partition coefficient (Wildman–Crippen LogP) is -0.500. The Kier molecular flexibility index (Phi) is 4.63. The van der Waals surface area contributed by atoms with Gasteiger partial charge in [0.05, 0.1) is 0 Å². The van der Waals surface area contributed by atoms with Crippen LogP contribution in [0.3, 0.4) is 0 Å². The van der Waals surface area contributed by atoms with E-state index in [2.05, 4.69) is 20.5 Å². The fourth-order valence-electron chi connectivity index (χ4n) is 0.917. The lowest BCUT2D eigenvalue weighted by Gasteiger charge is -2.03. The first-order valence-electron chi connectivity index (χ1n) is 4.51. The van der Waals surface area contributed by atoms with Crippen LogP contribution >= 0.6 is 0 Å². The van der Waals surface area contributed by atoms with Crippen molar-refractivity contribution in [1.29, 1.82) is 0 Å². The zero-order chi connectivity index (χ0) is 10.2. The molecule has 0 aliphatic carbocycles. The second kappa shape index (κ2) is 6.09. The minimum atomic E-state index is -0.105. The highest BCUT2D eigenvalue weighted by atomic mass is 16.5. The number of nitrogens with zero attached hydrogens (tertiary/aromatic N) is 2. The maximum absolute atomic E-state index is 11.0. The zero-order valence-electron chi connectivity index (χ0n) is 8.12. The third-order valence-electron chi connectivity index (χ3n) is 1.59. The van der Waals surface area contributed by atoms with Crippen LogP contribution in [-0.4, -0.2) is 40.8 Å². The van der Waals surface area contributed by atoms with Gasteiger partial charge in [0.15, 0.2) is 0 Å². The summed E-state index contributed by atoms with van der Waals surface area (Å²) in [6, 6.07) is 0.